The van der Waals surface area contributed by atoms with Crippen molar-refractivity contribution < 1.29 is 18.0 Å². The average molecular weight is 412 g/mol. The van der Waals surface area contributed by atoms with Crippen molar-refractivity contribution in [3.05, 3.63) is 28.7 Å². The summed E-state index contributed by atoms with van der Waals surface area (Å²) in [4.78, 5) is 12.3. The maximum Gasteiger partial charge on any atom is 0.417 e. The molecule has 0 unspecified atom stereocenters. The number of aromatic nitrogens is 3. The van der Waals surface area contributed by atoms with Crippen LogP contribution in [0, 0.1) is 11.8 Å². The SMILES string of the molecule is Cl.NC[C@H]1CCC[C@H]1C(=O)NCc1nnc2c(Cl)cc(C(F)(F)F)cn12. The molecule has 2 heterocycles. The molecule has 2 atom stereocenters. The Kier molecular flexibility index (Phi) is 6.36. The van der Waals surface area contributed by atoms with E-state index in [-0.39, 0.29) is 53.2 Å². The number of amides is 1. The molecule has 0 bridgehead atoms. The molecule has 1 fully saturated rings. The molecule has 0 aliphatic heterocycles. The third-order valence-corrected chi connectivity index (χ3v) is 4.86. The molecule has 2 aromatic rings. The zero-order valence-corrected chi connectivity index (χ0v) is 15.2. The van der Waals surface area contributed by atoms with Crippen molar-refractivity contribution in [3.63, 3.8) is 0 Å². The lowest BCUT2D eigenvalue weighted by Gasteiger charge is -2.17. The van der Waals surface area contributed by atoms with E-state index < -0.39 is 11.7 Å². The zero-order chi connectivity index (χ0) is 18.2. The number of rotatable bonds is 4. The third kappa shape index (κ3) is 4.05. The number of nitrogens with two attached hydrogens (primary N) is 1. The molecule has 6 nitrogen and oxygen atoms in total. The summed E-state index contributed by atoms with van der Waals surface area (Å²) in [6.45, 7) is 0.405. The second-order valence-corrected chi connectivity index (χ2v) is 6.54. The lowest BCUT2D eigenvalue weighted by molar-refractivity contribution is -0.138. The molecule has 0 saturated heterocycles. The minimum atomic E-state index is -4.54. The van der Waals surface area contributed by atoms with Crippen molar-refractivity contribution in [1.82, 2.24) is 19.9 Å². The van der Waals surface area contributed by atoms with E-state index in [0.29, 0.717) is 6.54 Å². The Labute approximate surface area is 158 Å². The predicted molar refractivity (Wildman–Crippen MR) is 92.0 cm³/mol. The van der Waals surface area contributed by atoms with E-state index in [2.05, 4.69) is 15.5 Å². The molecule has 26 heavy (non-hydrogen) atoms. The third-order valence-electron chi connectivity index (χ3n) is 4.58. The van der Waals surface area contributed by atoms with E-state index in [4.69, 9.17) is 17.3 Å². The van der Waals surface area contributed by atoms with Crippen LogP contribution in [0.3, 0.4) is 0 Å². The van der Waals surface area contributed by atoms with Crippen LogP contribution in [0.15, 0.2) is 12.3 Å². The van der Waals surface area contributed by atoms with Gasteiger partial charge in [0.15, 0.2) is 11.5 Å². The van der Waals surface area contributed by atoms with Gasteiger partial charge in [-0.1, -0.05) is 18.0 Å². The standard InChI is InChI=1S/C15H17ClF3N5O.ClH/c16-11-4-9(15(17,18)19)7-24-12(22-23-13(11)24)6-21-14(25)10-3-1-2-8(10)5-20;/h4,7-8,10H,1-3,5-6,20H2,(H,21,25);1H/t8-,10-;/m1./s1. The first kappa shape index (κ1) is 20.7. The molecule has 1 aliphatic rings. The number of pyridine rings is 1. The first-order valence-electron chi connectivity index (χ1n) is 7.89. The van der Waals surface area contributed by atoms with Crippen molar-refractivity contribution >= 4 is 35.6 Å². The highest BCUT2D eigenvalue weighted by Gasteiger charge is 2.33. The van der Waals surface area contributed by atoms with Gasteiger partial charge in [-0.15, -0.1) is 22.6 Å². The van der Waals surface area contributed by atoms with Gasteiger partial charge in [-0.2, -0.15) is 13.2 Å². The van der Waals surface area contributed by atoms with Crippen LogP contribution < -0.4 is 11.1 Å². The summed E-state index contributed by atoms with van der Waals surface area (Å²) < 4.78 is 40.0. The fourth-order valence-electron chi connectivity index (χ4n) is 3.24. The van der Waals surface area contributed by atoms with Crippen molar-refractivity contribution in [2.24, 2.45) is 17.6 Å². The molecule has 11 heteroatoms. The van der Waals surface area contributed by atoms with E-state index in [0.717, 1.165) is 35.9 Å². The molecular weight excluding hydrogens is 394 g/mol. The van der Waals surface area contributed by atoms with Crippen molar-refractivity contribution in [1.29, 1.82) is 0 Å². The molecule has 3 N–H and O–H groups in total. The maximum absolute atomic E-state index is 12.9. The summed E-state index contributed by atoms with van der Waals surface area (Å²) in [7, 11) is 0. The van der Waals surface area contributed by atoms with Crippen molar-refractivity contribution in [3.8, 4) is 0 Å². The molecule has 144 valence electrons. The molecule has 0 aromatic carbocycles. The van der Waals surface area contributed by atoms with Crippen LogP contribution in [0.2, 0.25) is 5.02 Å². The summed E-state index contributed by atoms with van der Waals surface area (Å²) in [6, 6.07) is 0.804. The first-order valence-corrected chi connectivity index (χ1v) is 8.27. The first-order chi connectivity index (χ1) is 11.8. The smallest absolute Gasteiger partial charge is 0.349 e. The van der Waals surface area contributed by atoms with Gasteiger partial charge in [0.1, 0.15) is 0 Å². The number of halogens is 5. The quantitative estimate of drug-likeness (QED) is 0.809. The lowest BCUT2D eigenvalue weighted by atomic mass is 9.95. The predicted octanol–water partition coefficient (Wildman–Crippen LogP) is 2.81. The fourth-order valence-corrected chi connectivity index (χ4v) is 3.48. The molecular formula is C15H18Cl2F3N5O. The summed E-state index contributed by atoms with van der Waals surface area (Å²) in [5.41, 5.74) is 4.88. The van der Waals surface area contributed by atoms with Crippen LogP contribution in [0.5, 0.6) is 0 Å². The Morgan fingerprint density at radius 2 is 2.12 bits per heavy atom. The normalized spacial score (nSPS) is 20.2. The second kappa shape index (κ2) is 7.98. The highest BCUT2D eigenvalue weighted by atomic mass is 35.5. The van der Waals surface area contributed by atoms with Gasteiger partial charge in [0, 0.05) is 12.1 Å². The van der Waals surface area contributed by atoms with E-state index in [1.807, 2.05) is 0 Å². The average Bonchev–Trinajstić information content (AvgIpc) is 3.18. The second-order valence-electron chi connectivity index (χ2n) is 6.14. The molecule has 3 rings (SSSR count). The van der Waals surface area contributed by atoms with E-state index in [9.17, 15) is 18.0 Å². The van der Waals surface area contributed by atoms with Crippen molar-refractivity contribution in [2.75, 3.05) is 6.54 Å². The zero-order valence-electron chi connectivity index (χ0n) is 13.6. The Morgan fingerprint density at radius 1 is 1.38 bits per heavy atom. The molecule has 1 amide bonds. The van der Waals surface area contributed by atoms with Gasteiger partial charge >= 0.3 is 6.18 Å². The molecule has 1 saturated carbocycles. The van der Waals surface area contributed by atoms with Gasteiger partial charge in [0.25, 0.3) is 0 Å². The van der Waals surface area contributed by atoms with E-state index in [1.165, 1.54) is 0 Å². The maximum atomic E-state index is 12.9. The Morgan fingerprint density at radius 3 is 2.77 bits per heavy atom. The Hall–Kier alpha value is -1.58. The number of nitrogens with zero attached hydrogens (tertiary/aromatic N) is 3. The van der Waals surface area contributed by atoms with Crippen LogP contribution in [-0.4, -0.2) is 27.0 Å². The summed E-state index contributed by atoms with van der Waals surface area (Å²) in [5.74, 6) is -0.0126. The molecule has 0 radical (unpaired) electrons. The number of alkyl halides is 3. The summed E-state index contributed by atoms with van der Waals surface area (Å²) >= 11 is 5.86. The van der Waals surface area contributed by atoms with Crippen LogP contribution in [0.25, 0.3) is 5.65 Å². The summed E-state index contributed by atoms with van der Waals surface area (Å²) in [5, 5.41) is 10.2. The highest BCUT2D eigenvalue weighted by molar-refractivity contribution is 6.33. The highest BCUT2D eigenvalue weighted by Crippen LogP contribution is 2.33. The van der Waals surface area contributed by atoms with Gasteiger partial charge in [-0.3, -0.25) is 9.20 Å². The van der Waals surface area contributed by atoms with Crippen molar-refractivity contribution in [2.45, 2.75) is 32.0 Å². The van der Waals surface area contributed by atoms with Crippen LogP contribution in [0.4, 0.5) is 13.2 Å². The van der Waals surface area contributed by atoms with Crippen LogP contribution >= 0.6 is 24.0 Å². The van der Waals surface area contributed by atoms with Gasteiger partial charge in [-0.25, -0.2) is 0 Å². The lowest BCUT2D eigenvalue weighted by Crippen LogP contribution is -2.35. The number of hydrogen-bond acceptors (Lipinski definition) is 4. The van der Waals surface area contributed by atoms with Crippen LogP contribution in [-0.2, 0) is 17.5 Å². The fraction of sp³-hybridized carbons (Fsp3) is 0.533. The van der Waals surface area contributed by atoms with Gasteiger partial charge in [-0.05, 0) is 31.4 Å². The van der Waals surface area contributed by atoms with E-state index in [1.54, 1.807) is 0 Å². The van der Waals surface area contributed by atoms with E-state index >= 15 is 0 Å². The molecule has 1 aliphatic carbocycles. The summed E-state index contributed by atoms with van der Waals surface area (Å²) in [6.07, 6.45) is -1.05. The van der Waals surface area contributed by atoms with Gasteiger partial charge in [0.2, 0.25) is 5.91 Å². The Balaban J connectivity index is 0.00000243. The monoisotopic (exact) mass is 411 g/mol. The Bertz CT molecular complexity index is 795. The number of fused-ring (bicyclic) bond motifs is 1. The number of nitrogens with one attached hydrogen (secondary N) is 1. The largest absolute Gasteiger partial charge is 0.417 e. The van der Waals surface area contributed by atoms with Crippen LogP contribution in [0.1, 0.15) is 30.7 Å². The minimum Gasteiger partial charge on any atom is -0.349 e. The molecule has 2 aromatic heterocycles. The topological polar surface area (TPSA) is 85.3 Å². The number of carbonyl (C=O) groups excluding carboxylic acids is 1. The molecule has 0 spiro atoms. The number of carbonyl (C=O) groups is 1. The van der Waals surface area contributed by atoms with Gasteiger partial charge in [0.05, 0.1) is 17.1 Å². The minimum absolute atomic E-state index is 0. The number of hydrogen-bond donors (Lipinski definition) is 2. The van der Waals surface area contributed by atoms with Gasteiger partial charge < -0.3 is 11.1 Å².